The summed E-state index contributed by atoms with van der Waals surface area (Å²) in [7, 11) is 0. The van der Waals surface area contributed by atoms with Crippen molar-refractivity contribution >= 4 is 23.2 Å². The van der Waals surface area contributed by atoms with Crippen LogP contribution >= 0.6 is 23.2 Å². The molecule has 1 aliphatic carbocycles. The summed E-state index contributed by atoms with van der Waals surface area (Å²) in [5, 5.41) is 0. The van der Waals surface area contributed by atoms with Crippen LogP contribution in [-0.2, 0) is 11.2 Å². The van der Waals surface area contributed by atoms with E-state index in [1.54, 1.807) is 0 Å². The van der Waals surface area contributed by atoms with Crippen molar-refractivity contribution in [1.29, 1.82) is 0 Å². The smallest absolute Gasteiger partial charge is 0.115 e. The summed E-state index contributed by atoms with van der Waals surface area (Å²) >= 11 is 12.8. The predicted molar refractivity (Wildman–Crippen MR) is 129 cm³/mol. The molecule has 0 saturated heterocycles. The summed E-state index contributed by atoms with van der Waals surface area (Å²) in [4.78, 5) is 0. The molecule has 2 aromatic rings. The van der Waals surface area contributed by atoms with Crippen LogP contribution in [0.1, 0.15) is 75.5 Å². The number of hydrogen-bond donors (Lipinski definition) is 0. The molecule has 0 heterocycles. The Morgan fingerprint density at radius 1 is 0.933 bits per heavy atom. The largest absolute Gasteiger partial charge is 0.373 e. The molecule has 1 fully saturated rings. The van der Waals surface area contributed by atoms with Crippen molar-refractivity contribution in [1.82, 2.24) is 0 Å². The van der Waals surface area contributed by atoms with Crippen LogP contribution < -0.4 is 0 Å². The first-order valence-electron chi connectivity index (χ1n) is 11.6. The van der Waals surface area contributed by atoms with Gasteiger partial charge in [-0.25, -0.2) is 0 Å². The Bertz CT molecular complexity index is 705. The minimum atomic E-state index is -0.679. The molecule has 1 nitrogen and oxygen atoms in total. The maximum atomic E-state index is 6.64. The second-order valence-electron chi connectivity index (χ2n) is 8.96. The first-order valence-corrected chi connectivity index (χ1v) is 12.4. The minimum absolute atomic E-state index is 0.112. The van der Waals surface area contributed by atoms with E-state index in [1.807, 2.05) is 6.92 Å². The van der Waals surface area contributed by atoms with Crippen molar-refractivity contribution in [3.63, 3.8) is 0 Å². The maximum Gasteiger partial charge on any atom is 0.115 e. The quantitative estimate of drug-likeness (QED) is 0.248. The Labute approximate surface area is 193 Å². The van der Waals surface area contributed by atoms with Crippen molar-refractivity contribution in [3.8, 4) is 0 Å². The molecule has 2 unspecified atom stereocenters. The van der Waals surface area contributed by atoms with Crippen LogP contribution in [0.25, 0.3) is 0 Å². The highest BCUT2D eigenvalue weighted by molar-refractivity contribution is 6.48. The molecule has 164 valence electrons. The van der Waals surface area contributed by atoms with Gasteiger partial charge in [-0.3, -0.25) is 0 Å². The highest BCUT2D eigenvalue weighted by atomic mass is 35.5. The Hall–Kier alpha value is -1.02. The molecule has 0 aliphatic heterocycles. The summed E-state index contributed by atoms with van der Waals surface area (Å²) in [5.74, 6) is 1.15. The van der Waals surface area contributed by atoms with Gasteiger partial charge in [-0.1, -0.05) is 92.8 Å². The van der Waals surface area contributed by atoms with Crippen molar-refractivity contribution in [2.75, 3.05) is 6.61 Å². The van der Waals surface area contributed by atoms with Crippen molar-refractivity contribution in [3.05, 3.63) is 71.8 Å². The molecular weight excluding hydrogens is 411 g/mol. The number of benzene rings is 2. The number of ether oxygens (including phenoxy) is 1. The average molecular weight is 447 g/mol. The van der Waals surface area contributed by atoms with E-state index in [4.69, 9.17) is 27.9 Å². The van der Waals surface area contributed by atoms with Gasteiger partial charge < -0.3 is 4.74 Å². The monoisotopic (exact) mass is 446 g/mol. The van der Waals surface area contributed by atoms with E-state index in [1.165, 1.54) is 43.2 Å². The number of rotatable bonds is 11. The van der Waals surface area contributed by atoms with E-state index in [9.17, 15) is 0 Å². The van der Waals surface area contributed by atoms with Gasteiger partial charge in [0.15, 0.2) is 0 Å². The Balaban J connectivity index is 1.71. The molecule has 1 aliphatic rings. The molecule has 3 rings (SSSR count). The molecule has 3 heteroatoms. The first-order chi connectivity index (χ1) is 14.5. The van der Waals surface area contributed by atoms with Crippen LogP contribution in [0.3, 0.4) is 0 Å². The fourth-order valence-corrected chi connectivity index (χ4v) is 5.08. The van der Waals surface area contributed by atoms with Gasteiger partial charge in [0.2, 0.25) is 0 Å². The van der Waals surface area contributed by atoms with E-state index < -0.39 is 4.33 Å². The molecule has 0 bridgehead atoms. The van der Waals surface area contributed by atoms with Gasteiger partial charge in [-0.15, -0.1) is 23.2 Å². The second-order valence-corrected chi connectivity index (χ2v) is 10.8. The maximum absolute atomic E-state index is 6.64. The number of hydrogen-bond acceptors (Lipinski definition) is 1. The SMILES string of the molecule is CC(Cl)(Cl)CCC(C1CCCCC1)C(OCCCc1ccccc1)c1ccccc1. The van der Waals surface area contributed by atoms with Gasteiger partial charge in [0, 0.05) is 6.61 Å². The molecule has 2 aromatic carbocycles. The Morgan fingerprint density at radius 3 is 2.20 bits per heavy atom. The van der Waals surface area contributed by atoms with Crippen molar-refractivity contribution in [2.24, 2.45) is 11.8 Å². The zero-order valence-corrected chi connectivity index (χ0v) is 19.8. The topological polar surface area (TPSA) is 9.23 Å². The molecule has 1 saturated carbocycles. The normalized spacial score (nSPS) is 17.6. The Morgan fingerprint density at radius 2 is 1.57 bits per heavy atom. The van der Waals surface area contributed by atoms with E-state index >= 15 is 0 Å². The molecule has 0 N–H and O–H groups in total. The fourth-order valence-electron chi connectivity index (χ4n) is 4.86. The summed E-state index contributed by atoms with van der Waals surface area (Å²) in [6.07, 6.45) is 10.6. The van der Waals surface area contributed by atoms with Gasteiger partial charge in [0.05, 0.1) is 6.10 Å². The molecule has 0 radical (unpaired) electrons. The molecule has 0 aromatic heterocycles. The lowest BCUT2D eigenvalue weighted by atomic mass is 9.74. The zero-order valence-electron chi connectivity index (χ0n) is 18.2. The Kier molecular flexibility index (Phi) is 9.56. The summed E-state index contributed by atoms with van der Waals surface area (Å²) in [5.41, 5.74) is 2.67. The molecule has 0 spiro atoms. The third kappa shape index (κ3) is 7.91. The lowest BCUT2D eigenvalue weighted by Crippen LogP contribution is -2.28. The third-order valence-corrected chi connectivity index (χ3v) is 6.82. The van der Waals surface area contributed by atoms with Gasteiger partial charge in [0.25, 0.3) is 0 Å². The molecule has 30 heavy (non-hydrogen) atoms. The van der Waals surface area contributed by atoms with E-state index in [0.717, 1.165) is 32.3 Å². The fraction of sp³-hybridized carbons (Fsp3) is 0.556. The first kappa shape index (κ1) is 23.6. The highest BCUT2D eigenvalue weighted by Crippen LogP contribution is 2.43. The van der Waals surface area contributed by atoms with Crippen LogP contribution in [0.2, 0.25) is 0 Å². The van der Waals surface area contributed by atoms with Crippen molar-refractivity contribution in [2.45, 2.75) is 75.1 Å². The van der Waals surface area contributed by atoms with Gasteiger partial charge in [-0.05, 0) is 55.6 Å². The lowest BCUT2D eigenvalue weighted by molar-refractivity contribution is -0.0211. The molecule has 0 amide bonds. The van der Waals surface area contributed by atoms with E-state index in [-0.39, 0.29) is 6.10 Å². The van der Waals surface area contributed by atoms with Gasteiger partial charge in [0.1, 0.15) is 4.33 Å². The average Bonchev–Trinajstić information content (AvgIpc) is 2.76. The van der Waals surface area contributed by atoms with Crippen LogP contribution in [0, 0.1) is 11.8 Å². The second kappa shape index (κ2) is 12.1. The summed E-state index contributed by atoms with van der Waals surface area (Å²) in [6, 6.07) is 21.5. The van der Waals surface area contributed by atoms with Crippen LogP contribution in [-0.4, -0.2) is 10.9 Å². The van der Waals surface area contributed by atoms with Crippen LogP contribution in [0.4, 0.5) is 0 Å². The third-order valence-electron chi connectivity index (χ3n) is 6.44. The van der Waals surface area contributed by atoms with E-state index in [2.05, 4.69) is 60.7 Å². The molecule has 2 atom stereocenters. The van der Waals surface area contributed by atoms with E-state index in [0.29, 0.717) is 11.8 Å². The van der Waals surface area contributed by atoms with Crippen LogP contribution in [0.15, 0.2) is 60.7 Å². The summed E-state index contributed by atoms with van der Waals surface area (Å²) < 4.78 is 5.97. The summed E-state index contributed by atoms with van der Waals surface area (Å²) in [6.45, 7) is 2.68. The predicted octanol–water partition coefficient (Wildman–Crippen LogP) is 8.55. The lowest BCUT2D eigenvalue weighted by Gasteiger charge is -2.37. The number of alkyl halides is 2. The highest BCUT2D eigenvalue weighted by Gasteiger charge is 2.33. The number of halogens is 2. The zero-order chi connectivity index (χ0) is 21.2. The van der Waals surface area contributed by atoms with Gasteiger partial charge >= 0.3 is 0 Å². The minimum Gasteiger partial charge on any atom is -0.373 e. The van der Waals surface area contributed by atoms with Crippen molar-refractivity contribution < 1.29 is 4.74 Å². The van der Waals surface area contributed by atoms with Crippen LogP contribution in [0.5, 0.6) is 0 Å². The van der Waals surface area contributed by atoms with Gasteiger partial charge in [-0.2, -0.15) is 0 Å². The standard InChI is InChI=1S/C27H36Cl2O/c1-27(28,29)20-19-25(23-15-7-3-8-16-23)26(24-17-9-4-10-18-24)30-21-11-14-22-12-5-2-6-13-22/h2,4-6,9-10,12-13,17-18,23,25-26H,3,7-8,11,14-16,19-21H2,1H3. The number of aryl methyl sites for hydroxylation is 1. The molecular formula is C27H36Cl2O.